The van der Waals surface area contributed by atoms with Crippen LogP contribution in [0.5, 0.6) is 0 Å². The van der Waals surface area contributed by atoms with E-state index >= 15 is 0 Å². The minimum Gasteiger partial charge on any atom is -0.398 e. The van der Waals surface area contributed by atoms with Gasteiger partial charge in [-0.15, -0.1) is 0 Å². The van der Waals surface area contributed by atoms with Crippen LogP contribution in [0.1, 0.15) is 0 Å². The molecule has 0 fully saturated rings. The second-order valence-electron chi connectivity index (χ2n) is 4.28. The Morgan fingerprint density at radius 2 is 2.05 bits per heavy atom. The molecule has 0 aliphatic carbocycles. The number of nitrogen functional groups attached to an aromatic ring is 1. The van der Waals surface area contributed by atoms with E-state index in [0.29, 0.717) is 22.4 Å². The van der Waals surface area contributed by atoms with Crippen molar-refractivity contribution in [2.24, 2.45) is 0 Å². The van der Waals surface area contributed by atoms with Crippen molar-refractivity contribution in [3.8, 4) is 11.4 Å². The lowest BCUT2D eigenvalue weighted by atomic mass is 10.1. The number of nitrogens with two attached hydrogens (primary N) is 1. The fraction of sp³-hybridized carbons (Fsp3) is 0. The van der Waals surface area contributed by atoms with Gasteiger partial charge in [-0.1, -0.05) is 0 Å². The molecule has 1 heterocycles. The largest absolute Gasteiger partial charge is 0.398 e. The van der Waals surface area contributed by atoms with Crippen molar-refractivity contribution in [3.63, 3.8) is 0 Å². The van der Waals surface area contributed by atoms with Crippen LogP contribution in [0, 0.1) is 15.9 Å². The second kappa shape index (κ2) is 4.30. The zero-order valence-electron chi connectivity index (χ0n) is 10.1. The molecule has 0 spiro atoms. The summed E-state index contributed by atoms with van der Waals surface area (Å²) >= 11 is 0. The summed E-state index contributed by atoms with van der Waals surface area (Å²) in [6.07, 6.45) is 0. The Morgan fingerprint density at radius 1 is 1.25 bits per heavy atom. The van der Waals surface area contributed by atoms with Crippen LogP contribution in [-0.4, -0.2) is 14.9 Å². The van der Waals surface area contributed by atoms with Crippen LogP contribution in [0.15, 0.2) is 36.4 Å². The van der Waals surface area contributed by atoms with Gasteiger partial charge in [0.1, 0.15) is 11.6 Å². The molecular weight excluding hydrogens is 263 g/mol. The van der Waals surface area contributed by atoms with Gasteiger partial charge in [0.05, 0.1) is 16.0 Å². The lowest BCUT2D eigenvalue weighted by Crippen LogP contribution is -1.94. The zero-order valence-corrected chi connectivity index (χ0v) is 10.1. The van der Waals surface area contributed by atoms with E-state index < -0.39 is 4.92 Å². The molecule has 0 aliphatic rings. The van der Waals surface area contributed by atoms with Gasteiger partial charge < -0.3 is 10.7 Å². The van der Waals surface area contributed by atoms with E-state index in [1.54, 1.807) is 6.07 Å². The van der Waals surface area contributed by atoms with E-state index in [-0.39, 0.29) is 17.2 Å². The van der Waals surface area contributed by atoms with E-state index in [9.17, 15) is 14.5 Å². The molecule has 0 saturated carbocycles. The lowest BCUT2D eigenvalue weighted by Gasteiger charge is -2.01. The van der Waals surface area contributed by atoms with Crippen LogP contribution >= 0.6 is 0 Å². The van der Waals surface area contributed by atoms with Gasteiger partial charge in [0, 0.05) is 23.4 Å². The van der Waals surface area contributed by atoms with Crippen molar-refractivity contribution < 1.29 is 9.31 Å². The molecule has 100 valence electrons. The minimum absolute atomic E-state index is 0.0894. The number of anilines is 1. The number of nitro groups is 1. The number of nitrogens with one attached hydrogen (secondary N) is 1. The van der Waals surface area contributed by atoms with Gasteiger partial charge in [0.25, 0.3) is 5.69 Å². The van der Waals surface area contributed by atoms with Gasteiger partial charge in [-0.05, 0) is 24.3 Å². The number of rotatable bonds is 2. The molecule has 3 N–H and O–H groups in total. The quantitative estimate of drug-likeness (QED) is 0.425. The van der Waals surface area contributed by atoms with Crippen molar-refractivity contribution in [1.82, 2.24) is 9.97 Å². The number of benzene rings is 2. The van der Waals surface area contributed by atoms with Crippen molar-refractivity contribution in [2.45, 2.75) is 0 Å². The standard InChI is InChI=1S/C13H9FN4O2/c14-7-1-4-11-12(5-7)17-13(16-11)9-3-2-8(18(19)20)6-10(9)15/h1-6H,15H2,(H,16,17). The van der Waals surface area contributed by atoms with Crippen molar-refractivity contribution >= 4 is 22.4 Å². The normalized spacial score (nSPS) is 10.8. The number of non-ortho nitro benzene ring substituents is 1. The fourth-order valence-corrected chi connectivity index (χ4v) is 1.99. The fourth-order valence-electron chi connectivity index (χ4n) is 1.99. The maximum atomic E-state index is 13.1. The number of nitro benzene ring substituents is 1. The maximum Gasteiger partial charge on any atom is 0.271 e. The molecule has 0 atom stereocenters. The number of fused-ring (bicyclic) bond motifs is 1. The van der Waals surface area contributed by atoms with E-state index in [1.165, 1.54) is 30.3 Å². The Morgan fingerprint density at radius 3 is 2.75 bits per heavy atom. The average molecular weight is 272 g/mol. The summed E-state index contributed by atoms with van der Waals surface area (Å²) < 4.78 is 13.1. The average Bonchev–Trinajstić information content (AvgIpc) is 2.80. The van der Waals surface area contributed by atoms with E-state index in [2.05, 4.69) is 9.97 Å². The van der Waals surface area contributed by atoms with Gasteiger partial charge in [-0.2, -0.15) is 0 Å². The third-order valence-corrected chi connectivity index (χ3v) is 2.95. The Hall–Kier alpha value is -2.96. The number of imidazole rings is 1. The molecule has 3 aromatic rings. The molecule has 0 aliphatic heterocycles. The molecule has 3 rings (SSSR count). The summed E-state index contributed by atoms with van der Waals surface area (Å²) in [5.41, 5.74) is 7.62. The number of nitrogens with zero attached hydrogens (tertiary/aromatic N) is 2. The highest BCUT2D eigenvalue weighted by Gasteiger charge is 2.13. The summed E-state index contributed by atoms with van der Waals surface area (Å²) in [6.45, 7) is 0. The molecule has 0 bridgehead atoms. The number of aromatic nitrogens is 2. The Kier molecular flexibility index (Phi) is 2.60. The first kappa shape index (κ1) is 12.1. The van der Waals surface area contributed by atoms with Crippen molar-refractivity contribution in [2.75, 3.05) is 5.73 Å². The van der Waals surface area contributed by atoms with Gasteiger partial charge in [-0.3, -0.25) is 10.1 Å². The molecule has 0 amide bonds. The Bertz CT molecular complexity index is 828. The SMILES string of the molecule is Nc1cc([N+](=O)[O-])ccc1-c1nc2ccc(F)cc2[nH]1. The molecule has 20 heavy (non-hydrogen) atoms. The van der Waals surface area contributed by atoms with Gasteiger partial charge in [0.15, 0.2) is 0 Å². The molecule has 2 aromatic carbocycles. The smallest absolute Gasteiger partial charge is 0.271 e. The number of hydrogen-bond donors (Lipinski definition) is 2. The van der Waals surface area contributed by atoms with Gasteiger partial charge >= 0.3 is 0 Å². The van der Waals surface area contributed by atoms with Crippen LogP contribution in [0.2, 0.25) is 0 Å². The maximum absolute atomic E-state index is 13.1. The molecule has 0 unspecified atom stereocenters. The summed E-state index contributed by atoms with van der Waals surface area (Å²) in [5.74, 6) is 0.0716. The van der Waals surface area contributed by atoms with Crippen LogP contribution in [0.4, 0.5) is 15.8 Å². The number of H-pyrrole nitrogens is 1. The Labute approximate surface area is 112 Å². The predicted molar refractivity (Wildman–Crippen MR) is 72.6 cm³/mol. The predicted octanol–water partition coefficient (Wildman–Crippen LogP) is 2.86. The van der Waals surface area contributed by atoms with Gasteiger partial charge in [0.2, 0.25) is 0 Å². The monoisotopic (exact) mass is 272 g/mol. The van der Waals surface area contributed by atoms with E-state index in [4.69, 9.17) is 5.73 Å². The summed E-state index contributed by atoms with van der Waals surface area (Å²) in [5, 5.41) is 10.7. The van der Waals surface area contributed by atoms with E-state index in [0.717, 1.165) is 0 Å². The first-order valence-corrected chi connectivity index (χ1v) is 5.74. The summed E-state index contributed by atoms with van der Waals surface area (Å²) in [4.78, 5) is 17.4. The molecular formula is C13H9FN4O2. The molecule has 7 heteroatoms. The molecule has 1 aromatic heterocycles. The first-order chi connectivity index (χ1) is 9.54. The highest BCUT2D eigenvalue weighted by Crippen LogP contribution is 2.29. The third kappa shape index (κ3) is 1.95. The molecule has 0 radical (unpaired) electrons. The number of hydrogen-bond acceptors (Lipinski definition) is 4. The van der Waals surface area contributed by atoms with Crippen LogP contribution in [0.25, 0.3) is 22.4 Å². The van der Waals surface area contributed by atoms with Crippen LogP contribution in [0.3, 0.4) is 0 Å². The van der Waals surface area contributed by atoms with Crippen molar-refractivity contribution in [3.05, 3.63) is 52.3 Å². The van der Waals surface area contributed by atoms with Crippen LogP contribution in [-0.2, 0) is 0 Å². The van der Waals surface area contributed by atoms with Gasteiger partial charge in [-0.25, -0.2) is 9.37 Å². The summed E-state index contributed by atoms with van der Waals surface area (Å²) in [6, 6.07) is 8.32. The van der Waals surface area contributed by atoms with Crippen molar-refractivity contribution in [1.29, 1.82) is 0 Å². The molecule has 6 nitrogen and oxygen atoms in total. The number of halogens is 1. The van der Waals surface area contributed by atoms with Crippen LogP contribution < -0.4 is 5.73 Å². The van der Waals surface area contributed by atoms with E-state index in [1.807, 2.05) is 0 Å². The summed E-state index contributed by atoms with van der Waals surface area (Å²) in [7, 11) is 0. The Balaban J connectivity index is 2.13. The molecule has 0 saturated heterocycles. The highest BCUT2D eigenvalue weighted by atomic mass is 19.1. The third-order valence-electron chi connectivity index (χ3n) is 2.95. The number of aromatic amines is 1. The highest BCUT2D eigenvalue weighted by molar-refractivity contribution is 5.83. The second-order valence-corrected chi connectivity index (χ2v) is 4.28. The lowest BCUT2D eigenvalue weighted by molar-refractivity contribution is -0.384. The minimum atomic E-state index is -0.520. The topological polar surface area (TPSA) is 97.8 Å². The zero-order chi connectivity index (χ0) is 14.3. The first-order valence-electron chi connectivity index (χ1n) is 5.74.